The van der Waals surface area contributed by atoms with Gasteiger partial charge in [0.25, 0.3) is 0 Å². The number of hydrogen-bond donors (Lipinski definition) is 0. The first-order chi connectivity index (χ1) is 8.43. The van der Waals surface area contributed by atoms with E-state index in [1.807, 2.05) is 6.07 Å². The van der Waals surface area contributed by atoms with Crippen LogP contribution in [-0.2, 0) is 4.74 Å². The van der Waals surface area contributed by atoms with Gasteiger partial charge in [0.15, 0.2) is 0 Å². The van der Waals surface area contributed by atoms with Crippen molar-refractivity contribution in [2.45, 2.75) is 18.4 Å². The van der Waals surface area contributed by atoms with E-state index in [4.69, 9.17) is 4.74 Å². The maximum absolute atomic E-state index is 5.91. The Morgan fingerprint density at radius 1 is 0.765 bits per heavy atom. The van der Waals surface area contributed by atoms with Gasteiger partial charge in [0.05, 0.1) is 12.7 Å². The lowest BCUT2D eigenvalue weighted by Crippen LogP contribution is -1.96. The molecule has 0 spiro atoms. The first kappa shape index (κ1) is 10.5. The lowest BCUT2D eigenvalue weighted by Gasteiger charge is -2.09. The Balaban J connectivity index is 1.75. The predicted octanol–water partition coefficient (Wildman–Crippen LogP) is 3.93. The summed E-state index contributed by atoms with van der Waals surface area (Å²) < 4.78 is 5.91. The van der Waals surface area contributed by atoms with E-state index in [-0.39, 0.29) is 6.10 Å². The molecule has 2 atom stereocenters. The molecule has 1 aliphatic rings. The van der Waals surface area contributed by atoms with Crippen LogP contribution in [0.3, 0.4) is 0 Å². The van der Waals surface area contributed by atoms with Crippen LogP contribution in [0.5, 0.6) is 0 Å². The van der Waals surface area contributed by atoms with E-state index in [1.54, 1.807) is 0 Å². The summed E-state index contributed by atoms with van der Waals surface area (Å²) in [5.41, 5.74) is 2.69. The number of benzene rings is 2. The molecule has 0 amide bonds. The van der Waals surface area contributed by atoms with Gasteiger partial charge in [0, 0.05) is 5.92 Å². The highest BCUT2D eigenvalue weighted by atomic mass is 16.5. The summed E-state index contributed by atoms with van der Waals surface area (Å²) >= 11 is 0. The van der Waals surface area contributed by atoms with Crippen molar-refractivity contribution in [3.8, 4) is 0 Å². The van der Waals surface area contributed by atoms with Crippen LogP contribution >= 0.6 is 0 Å². The van der Waals surface area contributed by atoms with Gasteiger partial charge < -0.3 is 4.74 Å². The Morgan fingerprint density at radius 2 is 1.35 bits per heavy atom. The van der Waals surface area contributed by atoms with E-state index in [1.165, 1.54) is 11.1 Å². The minimum atomic E-state index is 0.265. The summed E-state index contributed by atoms with van der Waals surface area (Å²) in [5.74, 6) is 0.543. The van der Waals surface area contributed by atoms with Gasteiger partial charge in [-0.15, -0.1) is 0 Å². The molecule has 1 aliphatic heterocycles. The van der Waals surface area contributed by atoms with Crippen LogP contribution in [0.2, 0.25) is 0 Å². The van der Waals surface area contributed by atoms with Crippen LogP contribution in [0, 0.1) is 0 Å². The second-order valence-electron chi connectivity index (χ2n) is 4.58. The molecule has 3 rings (SSSR count). The van der Waals surface area contributed by atoms with Crippen molar-refractivity contribution >= 4 is 0 Å². The Kier molecular flexibility index (Phi) is 2.93. The Labute approximate surface area is 102 Å². The predicted molar refractivity (Wildman–Crippen MR) is 68.9 cm³/mol. The van der Waals surface area contributed by atoms with Crippen LogP contribution in [0.4, 0.5) is 0 Å². The SMILES string of the molecule is c1ccc(C2COC(c3ccccc3)C2)cc1. The highest BCUT2D eigenvalue weighted by Crippen LogP contribution is 2.37. The van der Waals surface area contributed by atoms with Gasteiger partial charge in [-0.25, -0.2) is 0 Å². The molecule has 0 aromatic heterocycles. The molecule has 86 valence electrons. The molecule has 0 saturated carbocycles. The van der Waals surface area contributed by atoms with Crippen LogP contribution in [0.25, 0.3) is 0 Å². The Hall–Kier alpha value is -1.60. The van der Waals surface area contributed by atoms with Gasteiger partial charge in [-0.3, -0.25) is 0 Å². The fourth-order valence-electron chi connectivity index (χ4n) is 2.48. The Morgan fingerprint density at radius 3 is 2.00 bits per heavy atom. The van der Waals surface area contributed by atoms with Crippen molar-refractivity contribution in [1.29, 1.82) is 0 Å². The van der Waals surface area contributed by atoms with Gasteiger partial charge >= 0.3 is 0 Å². The molecule has 2 aromatic rings. The summed E-state index contributed by atoms with van der Waals surface area (Å²) in [6, 6.07) is 21.2. The highest BCUT2D eigenvalue weighted by molar-refractivity contribution is 5.24. The Bertz CT molecular complexity index is 418. The maximum atomic E-state index is 5.91. The third-order valence-electron chi connectivity index (χ3n) is 3.44. The van der Waals surface area contributed by atoms with Gasteiger partial charge in [0.1, 0.15) is 0 Å². The third-order valence-corrected chi connectivity index (χ3v) is 3.44. The lowest BCUT2D eigenvalue weighted by molar-refractivity contribution is 0.110. The number of hydrogen-bond acceptors (Lipinski definition) is 1. The van der Waals surface area contributed by atoms with Gasteiger partial charge in [0.2, 0.25) is 0 Å². The topological polar surface area (TPSA) is 9.23 Å². The van der Waals surface area contributed by atoms with Crippen molar-refractivity contribution in [3.63, 3.8) is 0 Å². The molecule has 1 fully saturated rings. The van der Waals surface area contributed by atoms with E-state index in [0.29, 0.717) is 5.92 Å². The van der Waals surface area contributed by atoms with Gasteiger partial charge in [-0.1, -0.05) is 60.7 Å². The average molecular weight is 224 g/mol. The van der Waals surface area contributed by atoms with Crippen molar-refractivity contribution in [1.82, 2.24) is 0 Å². The quantitative estimate of drug-likeness (QED) is 0.751. The minimum absolute atomic E-state index is 0.265. The molecule has 2 aromatic carbocycles. The molecule has 1 saturated heterocycles. The van der Waals surface area contributed by atoms with Crippen LogP contribution in [0.15, 0.2) is 60.7 Å². The number of rotatable bonds is 2. The van der Waals surface area contributed by atoms with Crippen molar-refractivity contribution in [3.05, 3.63) is 71.8 Å². The molecule has 1 nitrogen and oxygen atoms in total. The van der Waals surface area contributed by atoms with E-state index in [2.05, 4.69) is 54.6 Å². The lowest BCUT2D eigenvalue weighted by atomic mass is 9.94. The molecule has 0 aliphatic carbocycles. The first-order valence-electron chi connectivity index (χ1n) is 6.15. The molecule has 0 N–H and O–H groups in total. The molecule has 0 bridgehead atoms. The summed E-state index contributed by atoms with van der Waals surface area (Å²) in [6.45, 7) is 0.837. The maximum Gasteiger partial charge on any atom is 0.0831 e. The van der Waals surface area contributed by atoms with Gasteiger partial charge in [-0.2, -0.15) is 0 Å². The summed E-state index contributed by atoms with van der Waals surface area (Å²) in [5, 5.41) is 0. The van der Waals surface area contributed by atoms with E-state index in [0.717, 1.165) is 13.0 Å². The zero-order chi connectivity index (χ0) is 11.5. The molecule has 1 heteroatoms. The van der Waals surface area contributed by atoms with Crippen molar-refractivity contribution in [2.24, 2.45) is 0 Å². The molecular formula is C16H16O. The van der Waals surface area contributed by atoms with Crippen LogP contribution < -0.4 is 0 Å². The molecule has 1 heterocycles. The van der Waals surface area contributed by atoms with Crippen molar-refractivity contribution in [2.75, 3.05) is 6.61 Å². The molecule has 17 heavy (non-hydrogen) atoms. The van der Waals surface area contributed by atoms with E-state index in [9.17, 15) is 0 Å². The monoisotopic (exact) mass is 224 g/mol. The minimum Gasteiger partial charge on any atom is -0.373 e. The summed E-state index contributed by atoms with van der Waals surface area (Å²) in [4.78, 5) is 0. The fourth-order valence-corrected chi connectivity index (χ4v) is 2.48. The summed E-state index contributed by atoms with van der Waals surface area (Å²) in [6.07, 6.45) is 1.36. The molecule has 2 unspecified atom stereocenters. The standard InChI is InChI=1S/C16H16O/c1-3-7-13(8-4-1)15-11-16(17-12-15)14-9-5-2-6-10-14/h1-10,15-16H,11-12H2. The highest BCUT2D eigenvalue weighted by Gasteiger charge is 2.27. The summed E-state index contributed by atoms with van der Waals surface area (Å²) in [7, 11) is 0. The van der Waals surface area contributed by atoms with E-state index >= 15 is 0 Å². The molecule has 0 radical (unpaired) electrons. The smallest absolute Gasteiger partial charge is 0.0831 e. The van der Waals surface area contributed by atoms with Crippen molar-refractivity contribution < 1.29 is 4.74 Å². The zero-order valence-corrected chi connectivity index (χ0v) is 9.75. The first-order valence-corrected chi connectivity index (χ1v) is 6.15. The van der Waals surface area contributed by atoms with Gasteiger partial charge in [-0.05, 0) is 17.5 Å². The zero-order valence-electron chi connectivity index (χ0n) is 9.75. The molecular weight excluding hydrogens is 208 g/mol. The van der Waals surface area contributed by atoms with Crippen LogP contribution in [0.1, 0.15) is 29.6 Å². The normalized spacial score (nSPS) is 23.8. The number of ether oxygens (including phenoxy) is 1. The van der Waals surface area contributed by atoms with Crippen LogP contribution in [-0.4, -0.2) is 6.61 Å². The second kappa shape index (κ2) is 4.72. The fraction of sp³-hybridized carbons (Fsp3) is 0.250. The second-order valence-corrected chi connectivity index (χ2v) is 4.58. The van der Waals surface area contributed by atoms with E-state index < -0.39 is 0 Å². The largest absolute Gasteiger partial charge is 0.373 e. The average Bonchev–Trinajstić information content (AvgIpc) is 2.90. The third kappa shape index (κ3) is 2.25.